The Morgan fingerprint density at radius 2 is 1.14 bits per heavy atom. The van der Waals surface area contributed by atoms with Crippen molar-refractivity contribution in [2.24, 2.45) is 0 Å². The van der Waals surface area contributed by atoms with Crippen molar-refractivity contribution in [1.82, 2.24) is 0 Å². The third-order valence-electron chi connectivity index (χ3n) is 0. The molecule has 0 aromatic heterocycles. The zero-order chi connectivity index (χ0) is 4.50. The van der Waals surface area contributed by atoms with Crippen molar-refractivity contribution in [1.29, 1.82) is 0 Å². The summed E-state index contributed by atoms with van der Waals surface area (Å²) in [6.07, 6.45) is 0. The summed E-state index contributed by atoms with van der Waals surface area (Å²) >= 11 is -5.52. The molecule has 7 heavy (non-hydrogen) atoms. The van der Waals surface area contributed by atoms with Crippen LogP contribution in [0.3, 0.4) is 0 Å². The van der Waals surface area contributed by atoms with Crippen molar-refractivity contribution in [3.8, 4) is 0 Å². The van der Waals surface area contributed by atoms with E-state index in [2.05, 4.69) is 0 Å². The first-order valence-electron chi connectivity index (χ1n) is 0.698. The Labute approximate surface area is 90.6 Å². The van der Waals surface area contributed by atoms with Crippen LogP contribution in [0.1, 0.15) is 0 Å². The normalized spacial score (nSPS) is 8.29. The van der Waals surface area contributed by atoms with Crippen LogP contribution in [0.25, 0.3) is 0 Å². The molecule has 0 radical (unpaired) electrons. The van der Waals surface area contributed by atoms with Gasteiger partial charge in [-0.25, -0.2) is 0 Å². The fourth-order valence-electron chi connectivity index (χ4n) is 0. The van der Waals surface area contributed by atoms with E-state index in [1.807, 2.05) is 0 Å². The molecule has 0 bridgehead atoms. The largest absolute Gasteiger partial charge is 0.197 e. The van der Waals surface area contributed by atoms with Gasteiger partial charge in [0.05, 0.1) is 0 Å². The second-order valence-electron chi connectivity index (χ2n) is 0.448. The molecule has 0 aliphatic rings. The second-order valence-corrected chi connectivity index (χ2v) is 3.00. The number of hydrogen-bond donors (Lipinski definition) is 2. The molecule has 0 amide bonds. The molecule has 0 unspecified atom stereocenters. The van der Waals surface area contributed by atoms with E-state index >= 15 is 0 Å². The van der Waals surface area contributed by atoms with Crippen LogP contribution in [0.4, 0.5) is 0 Å². The standard InChI is InChI=1S/H2O4Te.H2S.Yb/c1-5(2,3)4;;/h(H2,1,2,3,4);1H2;. The van der Waals surface area contributed by atoms with Gasteiger partial charge in [-0.1, -0.05) is 0 Å². The van der Waals surface area contributed by atoms with Gasteiger partial charge in [0.2, 0.25) is 0 Å². The molecule has 0 aliphatic heterocycles. The Morgan fingerprint density at radius 1 is 1.14 bits per heavy atom. The van der Waals surface area contributed by atoms with Crippen LogP contribution in [0.2, 0.25) is 0 Å². The minimum atomic E-state index is -5.52. The number of hydrogen-bond acceptors (Lipinski definition) is 2. The summed E-state index contributed by atoms with van der Waals surface area (Å²) in [6, 6.07) is 0. The Bertz CT molecular complexity index is 94.9. The molecule has 54 valence electrons. The molecular weight excluding hydrogens is 397 g/mol. The van der Waals surface area contributed by atoms with Crippen LogP contribution in [-0.2, 0) is 6.21 Å². The van der Waals surface area contributed by atoms with E-state index in [0.717, 1.165) is 0 Å². The molecule has 0 fully saturated rings. The zero-order valence-corrected chi connectivity index (χ0v) is 7.93. The van der Waals surface area contributed by atoms with Crippen LogP contribution >= 0.6 is 13.5 Å². The fraction of sp³-hybridized carbons (Fsp3) is 0. The van der Waals surface area contributed by atoms with Gasteiger partial charge in [0.1, 0.15) is 0 Å². The van der Waals surface area contributed by atoms with Gasteiger partial charge in [0.25, 0.3) is 0 Å². The molecule has 2 N–H and O–H groups in total. The van der Waals surface area contributed by atoms with E-state index in [0.29, 0.717) is 0 Å². The van der Waals surface area contributed by atoms with Crippen LogP contribution < -0.4 is 0 Å². The van der Waals surface area contributed by atoms with Gasteiger partial charge in [-0.2, -0.15) is 13.5 Å². The molecule has 0 saturated heterocycles. The summed E-state index contributed by atoms with van der Waals surface area (Å²) in [6.45, 7) is 0. The molecule has 0 atom stereocenters. The smallest absolute Gasteiger partial charge is 0 e. The van der Waals surface area contributed by atoms with E-state index < -0.39 is 19.0 Å². The first kappa shape index (κ1) is 16.1. The van der Waals surface area contributed by atoms with Crippen LogP contribution in [-0.4, -0.2) is 25.9 Å². The molecule has 0 aromatic carbocycles. The Balaban J connectivity index is -0.0000000800. The zero-order valence-electron chi connectivity index (χ0n) is 2.89. The van der Waals surface area contributed by atoms with Gasteiger partial charge in [-0.05, 0) is 0 Å². The van der Waals surface area contributed by atoms with Crippen molar-refractivity contribution in [2.75, 3.05) is 0 Å². The van der Waals surface area contributed by atoms with Crippen LogP contribution in [0.15, 0.2) is 0 Å². The fourth-order valence-corrected chi connectivity index (χ4v) is 0. The quantitative estimate of drug-likeness (QED) is 0.479. The van der Waals surface area contributed by atoms with Gasteiger partial charge < -0.3 is 0 Å². The maximum absolute atomic E-state index is 8.85. The van der Waals surface area contributed by atoms with Gasteiger partial charge >= 0.3 is 32.1 Å². The topological polar surface area (TPSA) is 74.6 Å². The van der Waals surface area contributed by atoms with Gasteiger partial charge in [0, 0.05) is 46.9 Å². The monoisotopic (exact) mass is 404 g/mol. The molecule has 0 rings (SSSR count). The van der Waals surface area contributed by atoms with Crippen molar-refractivity contribution >= 4 is 32.5 Å². The van der Waals surface area contributed by atoms with Gasteiger partial charge in [0.15, 0.2) is 0 Å². The molecule has 0 aromatic rings. The molecule has 0 spiro atoms. The van der Waals surface area contributed by atoms with Crippen LogP contribution in [0.5, 0.6) is 0 Å². The van der Waals surface area contributed by atoms with Crippen molar-refractivity contribution < 1.29 is 60.1 Å². The maximum Gasteiger partial charge on any atom is 0 e. The summed E-state index contributed by atoms with van der Waals surface area (Å²) < 4.78 is 32.0. The SMILES string of the molecule is O=[Te](=O)(O)O.S.[Yb]. The molecule has 7 heteroatoms. The van der Waals surface area contributed by atoms with Crippen LogP contribution in [0, 0.1) is 46.9 Å². The van der Waals surface area contributed by atoms with Crippen molar-refractivity contribution in [3.05, 3.63) is 0 Å². The minimum Gasteiger partial charge on any atom is -0.197 e. The summed E-state index contributed by atoms with van der Waals surface area (Å²) in [4.78, 5) is 0. The Hall–Kier alpha value is 2.18. The van der Waals surface area contributed by atoms with Crippen molar-refractivity contribution in [3.63, 3.8) is 0 Å². The van der Waals surface area contributed by atoms with E-state index in [-0.39, 0.29) is 60.4 Å². The minimum absolute atomic E-state index is 0. The maximum atomic E-state index is 8.85. The third kappa shape index (κ3) is 65.8. The number of rotatable bonds is 0. The Kier molecular flexibility index (Phi) is 14.5. The van der Waals surface area contributed by atoms with E-state index in [1.165, 1.54) is 0 Å². The molecule has 0 saturated carbocycles. The molecule has 0 heterocycles. The molecule has 4 nitrogen and oxygen atoms in total. The summed E-state index contributed by atoms with van der Waals surface area (Å²) in [7, 11) is 0. The average Bonchev–Trinajstić information content (AvgIpc) is 0.722. The summed E-state index contributed by atoms with van der Waals surface area (Å²) in [5, 5.41) is 0. The molecular formula is H4O4STeYb. The first-order valence-corrected chi connectivity index (χ1v) is 4.69. The van der Waals surface area contributed by atoms with Crippen molar-refractivity contribution in [2.45, 2.75) is 0 Å². The summed E-state index contributed by atoms with van der Waals surface area (Å²) in [5.41, 5.74) is 0. The second kappa shape index (κ2) is 6.30. The Morgan fingerprint density at radius 3 is 1.14 bits per heavy atom. The predicted octanol–water partition coefficient (Wildman–Crippen LogP) is -1.62. The average molecular weight is 401 g/mol. The van der Waals surface area contributed by atoms with Gasteiger partial charge in [-0.3, -0.25) is 0 Å². The van der Waals surface area contributed by atoms with E-state index in [9.17, 15) is 0 Å². The van der Waals surface area contributed by atoms with Gasteiger partial charge in [-0.15, -0.1) is 0 Å². The summed E-state index contributed by atoms with van der Waals surface area (Å²) in [5.74, 6) is 0. The van der Waals surface area contributed by atoms with E-state index in [4.69, 9.17) is 13.2 Å². The van der Waals surface area contributed by atoms with E-state index in [1.54, 1.807) is 0 Å². The third-order valence-corrected chi connectivity index (χ3v) is 0. The first-order chi connectivity index (χ1) is 2.00. The predicted molar refractivity (Wildman–Crippen MR) is 21.9 cm³/mol. The molecule has 0 aliphatic carbocycles.